The normalized spacial score (nSPS) is 10.3. The molecule has 0 aliphatic rings. The topological polar surface area (TPSA) is 106 Å². The first-order chi connectivity index (χ1) is 10.4. The van der Waals surface area contributed by atoms with Crippen LogP contribution in [0.3, 0.4) is 0 Å². The third-order valence-electron chi connectivity index (χ3n) is 2.54. The molecular weight excluding hydrogens is 335 g/mol. The standard InChI is InChI=1S/C12H10Cl2N4O4/c1-22-11-7(14)3-2-6(13)10(11)12(21)16-8-4-15-18(17-8)5-9(19)20/h2-4H,5H2,1H3,(H,19,20)(H,16,17,21). The van der Waals surface area contributed by atoms with Gasteiger partial charge in [0.1, 0.15) is 5.56 Å². The summed E-state index contributed by atoms with van der Waals surface area (Å²) in [6, 6.07) is 2.96. The Kier molecular flexibility index (Phi) is 4.84. The molecule has 0 saturated carbocycles. The molecule has 10 heteroatoms. The van der Waals surface area contributed by atoms with Gasteiger partial charge < -0.3 is 15.2 Å². The highest BCUT2D eigenvalue weighted by Crippen LogP contribution is 2.34. The molecule has 0 atom stereocenters. The minimum atomic E-state index is -1.10. The van der Waals surface area contributed by atoms with E-state index in [4.69, 9.17) is 33.0 Å². The molecule has 0 radical (unpaired) electrons. The number of anilines is 1. The van der Waals surface area contributed by atoms with Gasteiger partial charge in [-0.15, -0.1) is 5.10 Å². The Balaban J connectivity index is 2.24. The summed E-state index contributed by atoms with van der Waals surface area (Å²) in [5, 5.41) is 19.0. The number of aromatic nitrogens is 3. The number of halogens is 2. The fourth-order valence-corrected chi connectivity index (χ4v) is 2.14. The second kappa shape index (κ2) is 6.63. The van der Waals surface area contributed by atoms with Crippen LogP contribution in [0.25, 0.3) is 0 Å². The highest BCUT2D eigenvalue weighted by molar-refractivity contribution is 6.37. The van der Waals surface area contributed by atoms with Gasteiger partial charge in [-0.1, -0.05) is 23.2 Å². The number of carbonyl (C=O) groups is 2. The van der Waals surface area contributed by atoms with Crippen molar-refractivity contribution in [1.82, 2.24) is 15.0 Å². The summed E-state index contributed by atoms with van der Waals surface area (Å²) in [4.78, 5) is 23.7. The number of rotatable bonds is 5. The van der Waals surface area contributed by atoms with Crippen LogP contribution in [0.1, 0.15) is 10.4 Å². The zero-order valence-corrected chi connectivity index (χ0v) is 12.7. The van der Waals surface area contributed by atoms with E-state index in [0.29, 0.717) is 0 Å². The second-order valence-corrected chi connectivity index (χ2v) is 4.86. The van der Waals surface area contributed by atoms with Crippen molar-refractivity contribution in [3.63, 3.8) is 0 Å². The summed E-state index contributed by atoms with van der Waals surface area (Å²) < 4.78 is 5.08. The summed E-state index contributed by atoms with van der Waals surface area (Å²) in [5.74, 6) is -1.51. The largest absolute Gasteiger partial charge is 0.494 e. The van der Waals surface area contributed by atoms with Crippen LogP contribution in [-0.2, 0) is 11.3 Å². The Morgan fingerprint density at radius 1 is 1.36 bits per heavy atom. The van der Waals surface area contributed by atoms with Gasteiger partial charge >= 0.3 is 5.97 Å². The molecule has 8 nitrogen and oxygen atoms in total. The van der Waals surface area contributed by atoms with E-state index in [-0.39, 0.29) is 27.2 Å². The Morgan fingerprint density at radius 2 is 2.05 bits per heavy atom. The van der Waals surface area contributed by atoms with Crippen molar-refractivity contribution in [2.24, 2.45) is 0 Å². The lowest BCUT2D eigenvalue weighted by atomic mass is 10.2. The van der Waals surface area contributed by atoms with Gasteiger partial charge in [0.05, 0.1) is 23.4 Å². The average Bonchev–Trinajstić information content (AvgIpc) is 2.87. The van der Waals surface area contributed by atoms with Gasteiger partial charge in [-0.25, -0.2) is 0 Å². The molecule has 0 fully saturated rings. The fourth-order valence-electron chi connectivity index (χ4n) is 1.67. The van der Waals surface area contributed by atoms with Crippen molar-refractivity contribution in [3.8, 4) is 5.75 Å². The highest BCUT2D eigenvalue weighted by atomic mass is 35.5. The van der Waals surface area contributed by atoms with Gasteiger partial charge in [-0.05, 0) is 12.1 Å². The number of carboxylic acid groups (broad SMARTS) is 1. The maximum atomic E-state index is 12.3. The molecule has 1 amide bonds. The summed E-state index contributed by atoms with van der Waals surface area (Å²) in [6.45, 7) is -0.420. The molecular formula is C12H10Cl2N4O4. The lowest BCUT2D eigenvalue weighted by molar-refractivity contribution is -0.138. The summed E-state index contributed by atoms with van der Waals surface area (Å²) in [7, 11) is 1.36. The Bertz CT molecular complexity index is 732. The predicted molar refractivity (Wildman–Crippen MR) is 78.6 cm³/mol. The molecule has 0 aliphatic heterocycles. The maximum absolute atomic E-state index is 12.3. The first-order valence-corrected chi connectivity index (χ1v) is 6.63. The zero-order valence-electron chi connectivity index (χ0n) is 11.2. The third-order valence-corrected chi connectivity index (χ3v) is 3.16. The maximum Gasteiger partial charge on any atom is 0.327 e. The Hall–Kier alpha value is -2.32. The lowest BCUT2D eigenvalue weighted by Crippen LogP contribution is -2.16. The molecule has 1 aromatic heterocycles. The molecule has 0 bridgehead atoms. The number of carboxylic acids is 1. The summed E-state index contributed by atoms with van der Waals surface area (Å²) in [6.07, 6.45) is 1.21. The first kappa shape index (κ1) is 16.1. The molecule has 1 aromatic carbocycles. The predicted octanol–water partition coefficient (Wildman–Crippen LogP) is 1.93. The van der Waals surface area contributed by atoms with Gasteiger partial charge in [0.25, 0.3) is 5.91 Å². The summed E-state index contributed by atoms with van der Waals surface area (Å²) >= 11 is 11.9. The van der Waals surface area contributed by atoms with Crippen LogP contribution in [0.2, 0.25) is 10.0 Å². The molecule has 1 heterocycles. The number of benzene rings is 1. The molecule has 2 rings (SSSR count). The average molecular weight is 345 g/mol. The van der Waals surface area contributed by atoms with Crippen LogP contribution in [0, 0.1) is 0 Å². The molecule has 0 spiro atoms. The van der Waals surface area contributed by atoms with Crippen LogP contribution < -0.4 is 10.1 Å². The number of methoxy groups -OCH3 is 1. The number of nitrogens with zero attached hydrogens (tertiary/aromatic N) is 3. The fraction of sp³-hybridized carbons (Fsp3) is 0.167. The van der Waals surface area contributed by atoms with Crippen LogP contribution in [-0.4, -0.2) is 39.1 Å². The summed E-state index contributed by atoms with van der Waals surface area (Å²) in [5.41, 5.74) is 0.0458. The first-order valence-electron chi connectivity index (χ1n) is 5.87. The van der Waals surface area contributed by atoms with Crippen molar-refractivity contribution in [3.05, 3.63) is 33.9 Å². The molecule has 2 N–H and O–H groups in total. The Labute approximate surface area is 134 Å². The van der Waals surface area contributed by atoms with Crippen LogP contribution in [0.5, 0.6) is 5.75 Å². The number of ether oxygens (including phenoxy) is 1. The smallest absolute Gasteiger partial charge is 0.327 e. The van der Waals surface area contributed by atoms with E-state index in [2.05, 4.69) is 15.5 Å². The van der Waals surface area contributed by atoms with Crippen LogP contribution in [0.15, 0.2) is 18.3 Å². The van der Waals surface area contributed by atoms with E-state index in [0.717, 1.165) is 4.80 Å². The van der Waals surface area contributed by atoms with E-state index in [9.17, 15) is 9.59 Å². The van der Waals surface area contributed by atoms with Gasteiger partial charge in [-0.2, -0.15) is 9.90 Å². The minimum Gasteiger partial charge on any atom is -0.494 e. The van der Waals surface area contributed by atoms with Gasteiger partial charge in [0.2, 0.25) is 0 Å². The van der Waals surface area contributed by atoms with Gasteiger partial charge in [0, 0.05) is 0 Å². The number of hydrogen-bond donors (Lipinski definition) is 2. The van der Waals surface area contributed by atoms with Gasteiger partial charge in [0.15, 0.2) is 18.1 Å². The molecule has 0 unspecified atom stereocenters. The monoisotopic (exact) mass is 344 g/mol. The van der Waals surface area contributed by atoms with Crippen molar-refractivity contribution >= 4 is 40.9 Å². The minimum absolute atomic E-state index is 0.0458. The molecule has 0 aliphatic carbocycles. The Morgan fingerprint density at radius 3 is 2.68 bits per heavy atom. The lowest BCUT2D eigenvalue weighted by Gasteiger charge is -2.11. The van der Waals surface area contributed by atoms with Crippen molar-refractivity contribution in [2.45, 2.75) is 6.54 Å². The van der Waals surface area contributed by atoms with Crippen LogP contribution in [0.4, 0.5) is 5.82 Å². The number of amides is 1. The number of hydrogen-bond acceptors (Lipinski definition) is 5. The number of carbonyl (C=O) groups excluding carboxylic acids is 1. The van der Waals surface area contributed by atoms with E-state index >= 15 is 0 Å². The molecule has 22 heavy (non-hydrogen) atoms. The van der Waals surface area contributed by atoms with Crippen molar-refractivity contribution in [1.29, 1.82) is 0 Å². The van der Waals surface area contributed by atoms with E-state index in [1.54, 1.807) is 0 Å². The highest BCUT2D eigenvalue weighted by Gasteiger charge is 2.20. The van der Waals surface area contributed by atoms with E-state index < -0.39 is 18.4 Å². The molecule has 116 valence electrons. The molecule has 2 aromatic rings. The van der Waals surface area contributed by atoms with E-state index in [1.807, 2.05) is 0 Å². The zero-order chi connectivity index (χ0) is 16.3. The van der Waals surface area contributed by atoms with Crippen molar-refractivity contribution in [2.75, 3.05) is 12.4 Å². The SMILES string of the molecule is COc1c(Cl)ccc(Cl)c1C(=O)Nc1cnn(CC(=O)O)n1. The molecule has 0 saturated heterocycles. The van der Waals surface area contributed by atoms with Crippen molar-refractivity contribution < 1.29 is 19.4 Å². The van der Waals surface area contributed by atoms with E-state index in [1.165, 1.54) is 25.4 Å². The second-order valence-electron chi connectivity index (χ2n) is 4.05. The number of aliphatic carboxylic acids is 1. The third kappa shape index (κ3) is 3.46. The van der Waals surface area contributed by atoms with Crippen LogP contribution >= 0.6 is 23.2 Å². The number of nitrogens with one attached hydrogen (secondary N) is 1. The quantitative estimate of drug-likeness (QED) is 0.858. The van der Waals surface area contributed by atoms with Gasteiger partial charge in [-0.3, -0.25) is 9.59 Å².